The summed E-state index contributed by atoms with van der Waals surface area (Å²) in [5.41, 5.74) is -1.04. The van der Waals surface area contributed by atoms with Crippen molar-refractivity contribution in [2.24, 2.45) is 0 Å². The number of urea groups is 1. The number of carbonyl (C=O) groups excluding carboxylic acids is 2. The molecule has 0 aliphatic carbocycles. The number of hydrogen-bond acceptors (Lipinski definition) is 2. The Bertz CT molecular complexity index is 233. The minimum Gasteiger partial charge on any atom is -0.270 e. The summed E-state index contributed by atoms with van der Waals surface area (Å²) in [5.74, 6) is -0.515. The number of amides is 3. The standard InChI is InChI=1S/C5H6Cl2N2O2.Na/c1-5(2)3(10)8(6)4(11)9(5)7;/h1-2H3;. The molecule has 0 unspecified atom stereocenters. The number of halogens is 2. The quantitative estimate of drug-likeness (QED) is 0.346. The van der Waals surface area contributed by atoms with Crippen molar-refractivity contribution < 1.29 is 9.59 Å². The second kappa shape index (κ2) is 3.72. The molecule has 0 aromatic heterocycles. The van der Waals surface area contributed by atoms with Gasteiger partial charge < -0.3 is 0 Å². The van der Waals surface area contributed by atoms with E-state index in [1.165, 1.54) is 13.8 Å². The Morgan fingerprint density at radius 3 is 1.75 bits per heavy atom. The fraction of sp³-hybridized carbons (Fsp3) is 0.600. The van der Waals surface area contributed by atoms with Crippen LogP contribution in [0.2, 0.25) is 0 Å². The molecule has 1 heterocycles. The number of hydrogen-bond donors (Lipinski definition) is 0. The average molecular weight is 220 g/mol. The summed E-state index contributed by atoms with van der Waals surface area (Å²) in [6.07, 6.45) is 0. The van der Waals surface area contributed by atoms with Gasteiger partial charge in [-0.3, -0.25) is 4.79 Å². The molecular formula is C5H6Cl2N2NaO2. The van der Waals surface area contributed by atoms with Gasteiger partial charge in [-0.15, -0.1) is 0 Å². The SMILES string of the molecule is CC1(C)C(=O)N(Cl)C(=O)N1Cl.[Na]. The minimum absolute atomic E-state index is 0. The summed E-state index contributed by atoms with van der Waals surface area (Å²) in [4.78, 5) is 22.0. The third-order valence-electron chi connectivity index (χ3n) is 1.53. The van der Waals surface area contributed by atoms with Gasteiger partial charge in [0.2, 0.25) is 0 Å². The van der Waals surface area contributed by atoms with Crippen LogP contribution in [-0.4, -0.2) is 55.9 Å². The normalized spacial score (nSPS) is 21.3. The number of carbonyl (C=O) groups is 2. The smallest absolute Gasteiger partial charge is 0.270 e. The molecule has 0 aromatic carbocycles. The van der Waals surface area contributed by atoms with Crippen molar-refractivity contribution in [3.05, 3.63) is 0 Å². The van der Waals surface area contributed by atoms with E-state index < -0.39 is 17.5 Å². The molecule has 0 spiro atoms. The van der Waals surface area contributed by atoms with Crippen molar-refractivity contribution in [3.8, 4) is 0 Å². The zero-order valence-corrected chi connectivity index (χ0v) is 10.5. The monoisotopic (exact) mass is 219 g/mol. The summed E-state index contributed by atoms with van der Waals surface area (Å²) < 4.78 is 1.26. The molecule has 7 heteroatoms. The van der Waals surface area contributed by atoms with E-state index in [1.807, 2.05) is 0 Å². The first kappa shape index (κ1) is 12.5. The van der Waals surface area contributed by atoms with E-state index in [2.05, 4.69) is 0 Å². The summed E-state index contributed by atoms with van der Waals surface area (Å²) in [5, 5.41) is 0. The molecule has 0 atom stereocenters. The van der Waals surface area contributed by atoms with Gasteiger partial charge in [-0.25, -0.2) is 9.21 Å². The van der Waals surface area contributed by atoms with Crippen LogP contribution >= 0.6 is 23.6 Å². The molecule has 1 saturated heterocycles. The first-order valence-electron chi connectivity index (χ1n) is 2.89. The molecule has 1 rings (SSSR count). The first-order valence-corrected chi connectivity index (χ1v) is 3.57. The van der Waals surface area contributed by atoms with Gasteiger partial charge in [0.15, 0.2) is 0 Å². The van der Waals surface area contributed by atoms with Gasteiger partial charge in [-0.1, -0.05) is 0 Å². The van der Waals surface area contributed by atoms with E-state index in [4.69, 9.17) is 23.6 Å². The Balaban J connectivity index is 0.00000121. The van der Waals surface area contributed by atoms with Gasteiger partial charge in [0.25, 0.3) is 5.91 Å². The van der Waals surface area contributed by atoms with E-state index in [-0.39, 0.29) is 29.6 Å². The van der Waals surface area contributed by atoms with Crippen LogP contribution in [0.1, 0.15) is 13.8 Å². The Labute approximate surface area is 102 Å². The Morgan fingerprint density at radius 2 is 1.67 bits per heavy atom. The maximum absolute atomic E-state index is 11.1. The van der Waals surface area contributed by atoms with Gasteiger partial charge in [-0.2, -0.15) is 4.42 Å². The first-order chi connectivity index (χ1) is 4.89. The van der Waals surface area contributed by atoms with E-state index in [0.29, 0.717) is 4.42 Å². The minimum atomic E-state index is -1.04. The predicted octanol–water partition coefficient (Wildman–Crippen LogP) is 0.956. The Morgan fingerprint density at radius 1 is 1.25 bits per heavy atom. The second-order valence-corrected chi connectivity index (χ2v) is 3.38. The van der Waals surface area contributed by atoms with E-state index in [9.17, 15) is 9.59 Å². The molecular weight excluding hydrogens is 214 g/mol. The van der Waals surface area contributed by atoms with Crippen LogP contribution in [0.25, 0.3) is 0 Å². The van der Waals surface area contributed by atoms with Crippen molar-refractivity contribution in [1.29, 1.82) is 0 Å². The molecule has 12 heavy (non-hydrogen) atoms. The van der Waals surface area contributed by atoms with Gasteiger partial charge in [0, 0.05) is 53.1 Å². The molecule has 0 bridgehead atoms. The number of rotatable bonds is 0. The number of nitrogens with zero attached hydrogens (tertiary/aromatic N) is 2. The Hall–Kier alpha value is 0.520. The zero-order valence-electron chi connectivity index (χ0n) is 6.97. The van der Waals surface area contributed by atoms with Gasteiger partial charge in [0.05, 0.1) is 0 Å². The van der Waals surface area contributed by atoms with Crippen LogP contribution in [-0.2, 0) is 4.79 Å². The maximum Gasteiger partial charge on any atom is 0.357 e. The van der Waals surface area contributed by atoms with E-state index in [1.54, 1.807) is 0 Å². The molecule has 1 aliphatic heterocycles. The van der Waals surface area contributed by atoms with Crippen LogP contribution in [0.4, 0.5) is 4.79 Å². The molecule has 1 radical (unpaired) electrons. The molecule has 0 aromatic rings. The Kier molecular flexibility index (Phi) is 3.88. The summed E-state index contributed by atoms with van der Waals surface area (Å²) in [6, 6.07) is -0.705. The zero-order chi connectivity index (χ0) is 8.81. The molecule has 1 aliphatic rings. The van der Waals surface area contributed by atoms with Gasteiger partial charge in [-0.05, 0) is 13.8 Å². The van der Waals surface area contributed by atoms with Crippen LogP contribution in [0.15, 0.2) is 0 Å². The topological polar surface area (TPSA) is 40.6 Å². The molecule has 1 fully saturated rings. The van der Waals surface area contributed by atoms with Crippen LogP contribution in [0.3, 0.4) is 0 Å². The van der Waals surface area contributed by atoms with Crippen molar-refractivity contribution in [1.82, 2.24) is 8.84 Å². The molecule has 63 valence electrons. The van der Waals surface area contributed by atoms with E-state index in [0.717, 1.165) is 4.42 Å². The second-order valence-electron chi connectivity index (χ2n) is 2.71. The third kappa shape index (κ3) is 1.59. The van der Waals surface area contributed by atoms with Gasteiger partial charge in [0.1, 0.15) is 5.54 Å². The molecule has 3 amide bonds. The van der Waals surface area contributed by atoms with Crippen molar-refractivity contribution in [2.45, 2.75) is 19.4 Å². The number of imide groups is 1. The van der Waals surface area contributed by atoms with Crippen LogP contribution in [0.5, 0.6) is 0 Å². The van der Waals surface area contributed by atoms with Crippen molar-refractivity contribution in [3.63, 3.8) is 0 Å². The third-order valence-corrected chi connectivity index (χ3v) is 2.39. The van der Waals surface area contributed by atoms with Gasteiger partial charge >= 0.3 is 6.03 Å². The summed E-state index contributed by atoms with van der Waals surface area (Å²) in [6.45, 7) is 3.03. The fourth-order valence-corrected chi connectivity index (χ4v) is 1.20. The van der Waals surface area contributed by atoms with Crippen molar-refractivity contribution in [2.75, 3.05) is 0 Å². The molecule has 0 saturated carbocycles. The average Bonchev–Trinajstić information content (AvgIpc) is 2.06. The predicted molar refractivity (Wildman–Crippen MR) is 45.6 cm³/mol. The van der Waals surface area contributed by atoms with E-state index >= 15 is 0 Å². The summed E-state index contributed by atoms with van der Waals surface area (Å²) >= 11 is 10.8. The van der Waals surface area contributed by atoms with Crippen LogP contribution < -0.4 is 0 Å². The maximum atomic E-state index is 11.1. The van der Waals surface area contributed by atoms with Crippen LogP contribution in [0, 0.1) is 0 Å². The molecule has 0 N–H and O–H groups in total. The summed E-state index contributed by atoms with van der Waals surface area (Å²) in [7, 11) is 0. The van der Waals surface area contributed by atoms with Crippen molar-refractivity contribution >= 4 is 65.0 Å². The molecule has 4 nitrogen and oxygen atoms in total. The fourth-order valence-electron chi connectivity index (χ4n) is 0.727. The largest absolute Gasteiger partial charge is 0.357 e.